The maximum Gasteiger partial charge on any atom is 0.140 e. The second-order valence-corrected chi connectivity index (χ2v) is 5.41. The first-order valence-corrected chi connectivity index (χ1v) is 7.50. The van der Waals surface area contributed by atoms with Crippen LogP contribution < -0.4 is 0 Å². The van der Waals surface area contributed by atoms with Crippen LogP contribution in [0.15, 0.2) is 42.5 Å². The SMILES string of the molecule is C=CC=CC(=C)OCc1nc(CN2CCOCC2)cs1. The van der Waals surface area contributed by atoms with Crippen LogP contribution >= 0.6 is 11.3 Å². The molecule has 4 nitrogen and oxygen atoms in total. The summed E-state index contributed by atoms with van der Waals surface area (Å²) in [6.45, 7) is 12.3. The van der Waals surface area contributed by atoms with Gasteiger partial charge in [-0.05, 0) is 6.08 Å². The Hall–Kier alpha value is -1.43. The van der Waals surface area contributed by atoms with Gasteiger partial charge in [0.2, 0.25) is 0 Å². The Morgan fingerprint density at radius 1 is 1.50 bits per heavy atom. The fourth-order valence-electron chi connectivity index (χ4n) is 1.85. The van der Waals surface area contributed by atoms with Gasteiger partial charge in [-0.15, -0.1) is 11.3 Å². The van der Waals surface area contributed by atoms with Gasteiger partial charge in [0, 0.05) is 25.0 Å². The third kappa shape index (κ3) is 4.92. The molecule has 1 aliphatic heterocycles. The van der Waals surface area contributed by atoms with E-state index < -0.39 is 0 Å². The van der Waals surface area contributed by atoms with Crippen LogP contribution in [0.4, 0.5) is 0 Å². The Balaban J connectivity index is 1.78. The molecule has 1 aromatic rings. The van der Waals surface area contributed by atoms with E-state index in [0.717, 1.165) is 43.5 Å². The van der Waals surface area contributed by atoms with Crippen molar-refractivity contribution in [3.63, 3.8) is 0 Å². The Labute approximate surface area is 124 Å². The average Bonchev–Trinajstić information content (AvgIpc) is 2.91. The molecule has 0 N–H and O–H groups in total. The molecule has 0 spiro atoms. The highest BCUT2D eigenvalue weighted by Gasteiger charge is 2.12. The van der Waals surface area contributed by atoms with E-state index in [2.05, 4.69) is 28.4 Å². The van der Waals surface area contributed by atoms with Crippen molar-refractivity contribution in [2.75, 3.05) is 26.3 Å². The second-order valence-electron chi connectivity index (χ2n) is 4.47. The van der Waals surface area contributed by atoms with Crippen LogP contribution in [0, 0.1) is 0 Å². The van der Waals surface area contributed by atoms with Crippen LogP contribution in [0.25, 0.3) is 0 Å². The lowest BCUT2D eigenvalue weighted by Crippen LogP contribution is -2.35. The van der Waals surface area contributed by atoms with E-state index in [-0.39, 0.29) is 0 Å². The van der Waals surface area contributed by atoms with E-state index in [1.165, 1.54) is 0 Å². The lowest BCUT2D eigenvalue weighted by molar-refractivity contribution is 0.0337. The molecule has 0 aliphatic carbocycles. The summed E-state index contributed by atoms with van der Waals surface area (Å²) in [5.74, 6) is 0.620. The molecule has 1 aliphatic rings. The highest BCUT2D eigenvalue weighted by molar-refractivity contribution is 7.09. The van der Waals surface area contributed by atoms with Crippen LogP contribution in [-0.2, 0) is 22.6 Å². The molecule has 108 valence electrons. The molecular formula is C15H20N2O2S. The molecule has 1 fully saturated rings. The summed E-state index contributed by atoms with van der Waals surface area (Å²) < 4.78 is 10.9. The highest BCUT2D eigenvalue weighted by atomic mass is 32.1. The summed E-state index contributed by atoms with van der Waals surface area (Å²) in [6, 6.07) is 0. The smallest absolute Gasteiger partial charge is 0.140 e. The number of morpholine rings is 1. The predicted octanol–water partition coefficient (Wildman–Crippen LogP) is 2.75. The van der Waals surface area contributed by atoms with Crippen molar-refractivity contribution in [1.29, 1.82) is 0 Å². The van der Waals surface area contributed by atoms with Crippen molar-refractivity contribution in [3.05, 3.63) is 53.2 Å². The highest BCUT2D eigenvalue weighted by Crippen LogP contribution is 2.15. The molecule has 0 atom stereocenters. The number of ether oxygens (including phenoxy) is 2. The van der Waals surface area contributed by atoms with Crippen molar-refractivity contribution in [1.82, 2.24) is 9.88 Å². The van der Waals surface area contributed by atoms with Crippen molar-refractivity contribution in [3.8, 4) is 0 Å². The third-order valence-corrected chi connectivity index (χ3v) is 3.76. The third-order valence-electron chi connectivity index (χ3n) is 2.89. The number of allylic oxidation sites excluding steroid dienone is 3. The van der Waals surface area contributed by atoms with Crippen LogP contribution in [0.3, 0.4) is 0 Å². The molecule has 20 heavy (non-hydrogen) atoms. The lowest BCUT2D eigenvalue weighted by Gasteiger charge is -2.25. The maximum atomic E-state index is 5.52. The molecule has 0 radical (unpaired) electrons. The Morgan fingerprint density at radius 3 is 3.05 bits per heavy atom. The summed E-state index contributed by atoms with van der Waals surface area (Å²) in [7, 11) is 0. The topological polar surface area (TPSA) is 34.6 Å². The lowest BCUT2D eigenvalue weighted by atomic mass is 10.3. The van der Waals surface area contributed by atoms with Crippen LogP contribution in [0.5, 0.6) is 0 Å². The minimum atomic E-state index is 0.466. The summed E-state index contributed by atoms with van der Waals surface area (Å²) in [4.78, 5) is 6.94. The summed E-state index contributed by atoms with van der Waals surface area (Å²) in [6.07, 6.45) is 5.28. The minimum absolute atomic E-state index is 0.466. The maximum absolute atomic E-state index is 5.52. The van der Waals surface area contributed by atoms with E-state index >= 15 is 0 Å². The molecule has 0 aromatic carbocycles. The largest absolute Gasteiger partial charge is 0.487 e. The molecule has 1 saturated heterocycles. The average molecular weight is 292 g/mol. The Morgan fingerprint density at radius 2 is 2.30 bits per heavy atom. The van der Waals surface area contributed by atoms with Crippen LogP contribution in [-0.4, -0.2) is 36.2 Å². The van der Waals surface area contributed by atoms with Gasteiger partial charge in [-0.1, -0.05) is 25.3 Å². The fourth-order valence-corrected chi connectivity index (χ4v) is 2.55. The molecule has 0 bridgehead atoms. The number of hydrogen-bond acceptors (Lipinski definition) is 5. The zero-order valence-corrected chi connectivity index (χ0v) is 12.4. The van der Waals surface area contributed by atoms with Crippen LogP contribution in [0.2, 0.25) is 0 Å². The first-order valence-electron chi connectivity index (χ1n) is 6.62. The number of hydrogen-bond donors (Lipinski definition) is 0. The molecular weight excluding hydrogens is 272 g/mol. The van der Waals surface area contributed by atoms with Gasteiger partial charge < -0.3 is 9.47 Å². The van der Waals surface area contributed by atoms with E-state index in [0.29, 0.717) is 12.4 Å². The van der Waals surface area contributed by atoms with E-state index in [9.17, 15) is 0 Å². The van der Waals surface area contributed by atoms with Gasteiger partial charge in [-0.2, -0.15) is 0 Å². The van der Waals surface area contributed by atoms with Crippen molar-refractivity contribution in [2.45, 2.75) is 13.2 Å². The molecule has 5 heteroatoms. The van der Waals surface area contributed by atoms with Gasteiger partial charge in [-0.3, -0.25) is 4.90 Å². The van der Waals surface area contributed by atoms with Crippen LogP contribution in [0.1, 0.15) is 10.7 Å². The van der Waals surface area contributed by atoms with E-state index in [1.54, 1.807) is 29.6 Å². The number of rotatable bonds is 7. The summed E-state index contributed by atoms with van der Waals surface area (Å²) in [5, 5.41) is 3.07. The zero-order valence-electron chi connectivity index (χ0n) is 11.6. The first kappa shape index (κ1) is 15.0. The number of thiazole rings is 1. The van der Waals surface area contributed by atoms with Gasteiger partial charge >= 0.3 is 0 Å². The zero-order chi connectivity index (χ0) is 14.2. The standard InChI is InChI=1S/C15H20N2O2S/c1-3-4-5-13(2)19-11-15-16-14(12-20-15)10-17-6-8-18-9-7-17/h3-5,12H,1-2,6-11H2. The number of nitrogens with zero attached hydrogens (tertiary/aromatic N) is 2. The van der Waals surface area contributed by atoms with Gasteiger partial charge in [0.25, 0.3) is 0 Å². The van der Waals surface area contributed by atoms with Gasteiger partial charge in [0.1, 0.15) is 17.4 Å². The normalized spacial score (nSPS) is 16.4. The molecule has 0 saturated carbocycles. The fraction of sp³-hybridized carbons (Fsp3) is 0.400. The molecule has 0 amide bonds. The minimum Gasteiger partial charge on any atom is -0.487 e. The quantitative estimate of drug-likeness (QED) is 0.572. The second kappa shape index (κ2) is 7.99. The van der Waals surface area contributed by atoms with Crippen molar-refractivity contribution < 1.29 is 9.47 Å². The van der Waals surface area contributed by atoms with Crippen molar-refractivity contribution >= 4 is 11.3 Å². The Kier molecular flexibility index (Phi) is 5.98. The number of aromatic nitrogens is 1. The van der Waals surface area contributed by atoms with Crippen molar-refractivity contribution in [2.24, 2.45) is 0 Å². The van der Waals surface area contributed by atoms with Gasteiger partial charge in [0.05, 0.1) is 18.9 Å². The summed E-state index contributed by atoms with van der Waals surface area (Å²) in [5.41, 5.74) is 1.10. The monoisotopic (exact) mass is 292 g/mol. The molecule has 2 rings (SSSR count). The Bertz CT molecular complexity index is 476. The molecule has 1 aromatic heterocycles. The van der Waals surface area contributed by atoms with Gasteiger partial charge in [0.15, 0.2) is 0 Å². The van der Waals surface area contributed by atoms with E-state index in [4.69, 9.17) is 9.47 Å². The molecule has 0 unspecified atom stereocenters. The molecule has 2 heterocycles. The predicted molar refractivity (Wildman–Crippen MR) is 81.5 cm³/mol. The first-order chi connectivity index (χ1) is 9.78. The summed E-state index contributed by atoms with van der Waals surface area (Å²) >= 11 is 1.62. The van der Waals surface area contributed by atoms with Gasteiger partial charge in [-0.25, -0.2) is 4.98 Å². The van der Waals surface area contributed by atoms with E-state index in [1.807, 2.05) is 0 Å².